The van der Waals surface area contributed by atoms with Crippen molar-refractivity contribution >= 4 is 11.8 Å². The Morgan fingerprint density at radius 3 is 2.35 bits per heavy atom. The Labute approximate surface area is 125 Å². The summed E-state index contributed by atoms with van der Waals surface area (Å²) in [7, 11) is 0. The van der Waals surface area contributed by atoms with Crippen molar-refractivity contribution in [3.8, 4) is 5.75 Å². The van der Waals surface area contributed by atoms with Crippen LogP contribution in [0.5, 0.6) is 5.75 Å². The number of thioether (sulfide) groups is 1. The van der Waals surface area contributed by atoms with Crippen LogP contribution in [0.4, 0.5) is 0 Å². The Morgan fingerprint density at radius 2 is 1.65 bits per heavy atom. The van der Waals surface area contributed by atoms with Crippen LogP contribution in [-0.2, 0) is 12.3 Å². The predicted molar refractivity (Wildman–Crippen MR) is 87.0 cm³/mol. The Hall–Kier alpha value is -1.45. The molecule has 0 aliphatic heterocycles. The fraction of sp³-hybridized carbons (Fsp3) is 0.294. The van der Waals surface area contributed by atoms with Crippen LogP contribution in [0, 0.1) is 0 Å². The first-order valence-corrected chi connectivity index (χ1v) is 8.07. The number of benzene rings is 2. The second kappa shape index (κ2) is 8.67. The molecule has 0 fully saturated rings. The lowest BCUT2D eigenvalue weighted by Crippen LogP contribution is -2.00. The summed E-state index contributed by atoms with van der Waals surface area (Å²) in [6.45, 7) is 1.35. The average molecular weight is 287 g/mol. The van der Waals surface area contributed by atoms with Gasteiger partial charge in [0.2, 0.25) is 0 Å². The van der Waals surface area contributed by atoms with E-state index in [1.165, 1.54) is 5.56 Å². The Morgan fingerprint density at radius 1 is 0.900 bits per heavy atom. The molecule has 20 heavy (non-hydrogen) atoms. The standard InChI is InChI=1S/C17H21NOS/c18-13-15-7-9-17(10-8-15)19-11-4-12-20-14-16-5-2-1-3-6-16/h1-3,5-10H,4,11-14,18H2. The van der Waals surface area contributed by atoms with Gasteiger partial charge < -0.3 is 10.5 Å². The molecule has 0 spiro atoms. The van der Waals surface area contributed by atoms with E-state index in [-0.39, 0.29) is 0 Å². The number of nitrogens with two attached hydrogens (primary N) is 1. The van der Waals surface area contributed by atoms with Gasteiger partial charge in [-0.15, -0.1) is 0 Å². The molecule has 106 valence electrons. The van der Waals surface area contributed by atoms with Crippen molar-refractivity contribution in [1.29, 1.82) is 0 Å². The SMILES string of the molecule is NCc1ccc(OCCCSCc2ccccc2)cc1. The predicted octanol–water partition coefficient (Wildman–Crippen LogP) is 3.85. The van der Waals surface area contributed by atoms with Gasteiger partial charge in [0.1, 0.15) is 5.75 Å². The van der Waals surface area contributed by atoms with Crippen molar-refractivity contribution in [2.75, 3.05) is 12.4 Å². The summed E-state index contributed by atoms with van der Waals surface area (Å²) in [6.07, 6.45) is 1.07. The van der Waals surface area contributed by atoms with Crippen LogP contribution in [0.25, 0.3) is 0 Å². The zero-order valence-electron chi connectivity index (χ0n) is 11.6. The molecule has 2 aromatic rings. The number of rotatable bonds is 8. The second-order valence-corrected chi connectivity index (χ2v) is 5.69. The van der Waals surface area contributed by atoms with Crippen LogP contribution in [-0.4, -0.2) is 12.4 Å². The molecule has 2 nitrogen and oxygen atoms in total. The molecule has 0 heterocycles. The second-order valence-electron chi connectivity index (χ2n) is 4.59. The van der Waals surface area contributed by atoms with Gasteiger partial charge in [-0.25, -0.2) is 0 Å². The van der Waals surface area contributed by atoms with Crippen molar-refractivity contribution in [2.45, 2.75) is 18.7 Å². The number of hydrogen-bond acceptors (Lipinski definition) is 3. The van der Waals surface area contributed by atoms with Gasteiger partial charge in [0.25, 0.3) is 0 Å². The van der Waals surface area contributed by atoms with Crippen LogP contribution in [0.3, 0.4) is 0 Å². The van der Waals surface area contributed by atoms with Crippen molar-refractivity contribution in [2.24, 2.45) is 5.73 Å². The molecule has 0 saturated heterocycles. The summed E-state index contributed by atoms with van der Waals surface area (Å²) in [4.78, 5) is 0. The number of hydrogen-bond donors (Lipinski definition) is 1. The van der Waals surface area contributed by atoms with E-state index in [1.54, 1.807) is 0 Å². The molecule has 0 radical (unpaired) electrons. The first-order valence-electron chi connectivity index (χ1n) is 6.92. The van der Waals surface area contributed by atoms with E-state index in [9.17, 15) is 0 Å². The zero-order valence-corrected chi connectivity index (χ0v) is 12.4. The molecule has 0 unspecified atom stereocenters. The summed E-state index contributed by atoms with van der Waals surface area (Å²) in [5.41, 5.74) is 8.08. The molecule has 0 saturated carbocycles. The van der Waals surface area contributed by atoms with E-state index in [0.29, 0.717) is 6.54 Å². The Bertz CT molecular complexity index is 484. The minimum absolute atomic E-state index is 0.580. The minimum Gasteiger partial charge on any atom is -0.494 e. The van der Waals surface area contributed by atoms with Gasteiger partial charge >= 0.3 is 0 Å². The van der Waals surface area contributed by atoms with Crippen molar-refractivity contribution in [3.63, 3.8) is 0 Å². The molecule has 3 heteroatoms. The van der Waals surface area contributed by atoms with E-state index in [0.717, 1.165) is 35.8 Å². The van der Waals surface area contributed by atoms with E-state index in [4.69, 9.17) is 10.5 Å². The van der Waals surface area contributed by atoms with E-state index >= 15 is 0 Å². The summed E-state index contributed by atoms with van der Waals surface area (Å²) in [5, 5.41) is 0. The average Bonchev–Trinajstić information content (AvgIpc) is 2.52. The third-order valence-corrected chi connectivity index (χ3v) is 4.09. The van der Waals surface area contributed by atoms with Crippen molar-refractivity contribution < 1.29 is 4.74 Å². The first kappa shape index (κ1) is 14.9. The highest BCUT2D eigenvalue weighted by atomic mass is 32.2. The molecule has 0 aliphatic rings. The Kier molecular flexibility index (Phi) is 6.48. The van der Waals surface area contributed by atoms with E-state index < -0.39 is 0 Å². The van der Waals surface area contributed by atoms with Crippen LogP contribution in [0.1, 0.15) is 17.5 Å². The molecule has 0 amide bonds. The lowest BCUT2D eigenvalue weighted by molar-refractivity contribution is 0.318. The maximum Gasteiger partial charge on any atom is 0.119 e. The maximum absolute atomic E-state index is 5.70. The largest absolute Gasteiger partial charge is 0.494 e. The molecular formula is C17H21NOS. The quantitative estimate of drug-likeness (QED) is 0.749. The van der Waals surface area contributed by atoms with Gasteiger partial charge in [-0.05, 0) is 35.4 Å². The summed E-state index contributed by atoms with van der Waals surface area (Å²) in [5.74, 6) is 3.12. The van der Waals surface area contributed by atoms with Crippen LogP contribution >= 0.6 is 11.8 Å². The van der Waals surface area contributed by atoms with Gasteiger partial charge in [0.15, 0.2) is 0 Å². The lowest BCUT2D eigenvalue weighted by atomic mass is 10.2. The highest BCUT2D eigenvalue weighted by Crippen LogP contribution is 2.14. The van der Waals surface area contributed by atoms with Gasteiger partial charge in [0.05, 0.1) is 6.61 Å². The van der Waals surface area contributed by atoms with Crippen LogP contribution in [0.15, 0.2) is 54.6 Å². The summed E-state index contributed by atoms with van der Waals surface area (Å²) < 4.78 is 5.70. The third kappa shape index (κ3) is 5.27. The van der Waals surface area contributed by atoms with Crippen LogP contribution in [0.2, 0.25) is 0 Å². The Balaban J connectivity index is 1.57. The molecule has 0 atom stereocenters. The maximum atomic E-state index is 5.70. The molecule has 2 N–H and O–H groups in total. The fourth-order valence-corrected chi connectivity index (χ4v) is 2.73. The third-order valence-electron chi connectivity index (χ3n) is 2.97. The highest BCUT2D eigenvalue weighted by Gasteiger charge is 1.96. The number of ether oxygens (including phenoxy) is 1. The molecular weight excluding hydrogens is 266 g/mol. The van der Waals surface area contributed by atoms with E-state index in [1.807, 2.05) is 36.0 Å². The first-order chi connectivity index (χ1) is 9.88. The molecule has 0 aliphatic carbocycles. The van der Waals surface area contributed by atoms with Gasteiger partial charge in [0, 0.05) is 12.3 Å². The van der Waals surface area contributed by atoms with Gasteiger partial charge in [-0.2, -0.15) is 11.8 Å². The lowest BCUT2D eigenvalue weighted by Gasteiger charge is -2.07. The van der Waals surface area contributed by atoms with Crippen molar-refractivity contribution in [1.82, 2.24) is 0 Å². The van der Waals surface area contributed by atoms with E-state index in [2.05, 4.69) is 30.3 Å². The molecule has 0 bridgehead atoms. The normalized spacial score (nSPS) is 10.4. The van der Waals surface area contributed by atoms with Crippen LogP contribution < -0.4 is 10.5 Å². The summed E-state index contributed by atoms with van der Waals surface area (Å²) >= 11 is 1.95. The molecule has 0 aromatic heterocycles. The van der Waals surface area contributed by atoms with Gasteiger partial charge in [-0.1, -0.05) is 42.5 Å². The zero-order chi connectivity index (χ0) is 14.0. The fourth-order valence-electron chi connectivity index (χ4n) is 1.84. The molecule has 2 aromatic carbocycles. The topological polar surface area (TPSA) is 35.2 Å². The molecule has 2 rings (SSSR count). The smallest absolute Gasteiger partial charge is 0.119 e. The minimum atomic E-state index is 0.580. The van der Waals surface area contributed by atoms with Crippen molar-refractivity contribution in [3.05, 3.63) is 65.7 Å². The van der Waals surface area contributed by atoms with Gasteiger partial charge in [-0.3, -0.25) is 0 Å². The summed E-state index contributed by atoms with van der Waals surface area (Å²) in [6, 6.07) is 18.6. The monoisotopic (exact) mass is 287 g/mol. The highest BCUT2D eigenvalue weighted by molar-refractivity contribution is 7.98.